The second kappa shape index (κ2) is 10.9. The highest BCUT2D eigenvalue weighted by Crippen LogP contribution is 2.29. The fourth-order valence-electron chi connectivity index (χ4n) is 2.65. The minimum absolute atomic E-state index is 0.0611. The summed E-state index contributed by atoms with van der Waals surface area (Å²) in [6.07, 6.45) is 0.894. The van der Waals surface area contributed by atoms with E-state index in [0.717, 1.165) is 17.7 Å². The van der Waals surface area contributed by atoms with Crippen molar-refractivity contribution in [1.29, 1.82) is 0 Å². The summed E-state index contributed by atoms with van der Waals surface area (Å²) in [4.78, 5) is 16.6. The molecule has 0 radical (unpaired) electrons. The molecule has 2 aromatic rings. The fraction of sp³-hybridized carbons (Fsp3) is 0.364. The SMILES string of the molecule is CCC(C)NC(=O)c1cccc(CNC(=NC)Nc2ccc(OC)c(OC)c2)c1. The molecule has 1 atom stereocenters. The van der Waals surface area contributed by atoms with E-state index in [-0.39, 0.29) is 11.9 Å². The lowest BCUT2D eigenvalue weighted by molar-refractivity contribution is 0.0939. The second-order valence-electron chi connectivity index (χ2n) is 6.60. The molecule has 0 fully saturated rings. The molecule has 0 aliphatic heterocycles. The van der Waals surface area contributed by atoms with Crippen molar-refractivity contribution in [3.8, 4) is 11.5 Å². The molecule has 156 valence electrons. The van der Waals surface area contributed by atoms with Crippen LogP contribution in [0.3, 0.4) is 0 Å². The molecule has 0 saturated carbocycles. The summed E-state index contributed by atoms with van der Waals surface area (Å²) in [6.45, 7) is 4.56. The van der Waals surface area contributed by atoms with Crippen molar-refractivity contribution in [2.45, 2.75) is 32.9 Å². The molecular weight excluding hydrogens is 368 g/mol. The van der Waals surface area contributed by atoms with Crippen LogP contribution in [0.15, 0.2) is 47.5 Å². The predicted octanol–water partition coefficient (Wildman–Crippen LogP) is 3.42. The molecule has 7 nitrogen and oxygen atoms in total. The van der Waals surface area contributed by atoms with Crippen molar-refractivity contribution in [2.75, 3.05) is 26.6 Å². The first kappa shape index (κ1) is 22.1. The summed E-state index contributed by atoms with van der Waals surface area (Å²) in [7, 11) is 4.90. The van der Waals surface area contributed by atoms with E-state index < -0.39 is 0 Å². The van der Waals surface area contributed by atoms with Gasteiger partial charge in [0.1, 0.15) is 0 Å². The first-order valence-electron chi connectivity index (χ1n) is 9.60. The number of carbonyl (C=O) groups excluding carboxylic acids is 1. The van der Waals surface area contributed by atoms with Gasteiger partial charge in [0.2, 0.25) is 0 Å². The highest BCUT2D eigenvalue weighted by molar-refractivity contribution is 5.95. The molecule has 2 aromatic carbocycles. The van der Waals surface area contributed by atoms with E-state index in [4.69, 9.17) is 9.47 Å². The summed E-state index contributed by atoms with van der Waals surface area (Å²) < 4.78 is 10.6. The zero-order chi connectivity index (χ0) is 21.2. The lowest BCUT2D eigenvalue weighted by Gasteiger charge is -2.15. The molecule has 0 aliphatic rings. The third-order valence-electron chi connectivity index (χ3n) is 4.51. The van der Waals surface area contributed by atoms with Gasteiger partial charge in [0.25, 0.3) is 5.91 Å². The molecular formula is C22H30N4O3. The number of rotatable bonds is 8. The quantitative estimate of drug-likeness (QED) is 0.469. The zero-order valence-electron chi connectivity index (χ0n) is 17.7. The number of amides is 1. The number of hydrogen-bond donors (Lipinski definition) is 3. The fourth-order valence-corrected chi connectivity index (χ4v) is 2.65. The Morgan fingerprint density at radius 1 is 1.10 bits per heavy atom. The number of benzene rings is 2. The van der Waals surface area contributed by atoms with Gasteiger partial charge >= 0.3 is 0 Å². The van der Waals surface area contributed by atoms with Gasteiger partial charge in [-0.1, -0.05) is 19.1 Å². The Kier molecular flexibility index (Phi) is 8.33. The number of carbonyl (C=O) groups is 1. The third-order valence-corrected chi connectivity index (χ3v) is 4.51. The van der Waals surface area contributed by atoms with Gasteiger partial charge in [-0.2, -0.15) is 0 Å². The first-order chi connectivity index (χ1) is 14.0. The number of anilines is 1. The molecule has 0 bridgehead atoms. The molecule has 2 rings (SSSR count). The van der Waals surface area contributed by atoms with E-state index in [1.807, 2.05) is 56.3 Å². The average Bonchev–Trinajstić information content (AvgIpc) is 2.76. The Labute approximate surface area is 172 Å². The Morgan fingerprint density at radius 3 is 2.52 bits per heavy atom. The predicted molar refractivity (Wildman–Crippen MR) is 117 cm³/mol. The lowest BCUT2D eigenvalue weighted by Crippen LogP contribution is -2.32. The summed E-state index contributed by atoms with van der Waals surface area (Å²) in [6, 6.07) is 13.2. The van der Waals surface area contributed by atoms with Crippen LogP contribution >= 0.6 is 0 Å². The molecule has 0 aliphatic carbocycles. The number of methoxy groups -OCH3 is 2. The van der Waals surface area contributed by atoms with Crippen LogP contribution in [0, 0.1) is 0 Å². The Balaban J connectivity index is 2.01. The molecule has 0 spiro atoms. The van der Waals surface area contributed by atoms with E-state index in [0.29, 0.717) is 29.6 Å². The van der Waals surface area contributed by atoms with Crippen molar-refractivity contribution in [1.82, 2.24) is 10.6 Å². The van der Waals surface area contributed by atoms with Gasteiger partial charge in [-0.05, 0) is 43.2 Å². The van der Waals surface area contributed by atoms with E-state index in [2.05, 4.69) is 20.9 Å². The largest absolute Gasteiger partial charge is 0.493 e. The van der Waals surface area contributed by atoms with E-state index in [1.54, 1.807) is 21.3 Å². The van der Waals surface area contributed by atoms with E-state index in [1.165, 1.54) is 0 Å². The Bertz CT molecular complexity index is 852. The highest BCUT2D eigenvalue weighted by Gasteiger charge is 2.10. The minimum Gasteiger partial charge on any atom is -0.493 e. The Morgan fingerprint density at radius 2 is 1.86 bits per heavy atom. The molecule has 1 amide bonds. The molecule has 0 aromatic heterocycles. The van der Waals surface area contributed by atoms with Crippen LogP contribution in [0.1, 0.15) is 36.2 Å². The van der Waals surface area contributed by atoms with Gasteiger partial charge in [0, 0.05) is 37.0 Å². The van der Waals surface area contributed by atoms with Crippen molar-refractivity contribution < 1.29 is 14.3 Å². The number of aliphatic imine (C=N–C) groups is 1. The van der Waals surface area contributed by atoms with Gasteiger partial charge in [-0.3, -0.25) is 9.79 Å². The summed E-state index contributed by atoms with van der Waals surface area (Å²) in [5, 5.41) is 9.46. The van der Waals surface area contributed by atoms with Crippen LogP contribution in [0.5, 0.6) is 11.5 Å². The third kappa shape index (κ3) is 6.41. The van der Waals surface area contributed by atoms with Crippen molar-refractivity contribution >= 4 is 17.6 Å². The molecule has 7 heteroatoms. The van der Waals surface area contributed by atoms with E-state index in [9.17, 15) is 4.79 Å². The first-order valence-corrected chi connectivity index (χ1v) is 9.60. The monoisotopic (exact) mass is 398 g/mol. The Hall–Kier alpha value is -3.22. The van der Waals surface area contributed by atoms with Crippen LogP contribution in [0.25, 0.3) is 0 Å². The van der Waals surface area contributed by atoms with Crippen LogP contribution in [-0.4, -0.2) is 39.2 Å². The van der Waals surface area contributed by atoms with Crippen LogP contribution in [0.2, 0.25) is 0 Å². The molecule has 1 unspecified atom stereocenters. The van der Waals surface area contributed by atoms with Crippen molar-refractivity contribution in [3.05, 3.63) is 53.6 Å². The normalized spacial score (nSPS) is 12.1. The maximum atomic E-state index is 12.3. The maximum absolute atomic E-state index is 12.3. The van der Waals surface area contributed by atoms with Crippen LogP contribution in [-0.2, 0) is 6.54 Å². The molecule has 0 saturated heterocycles. The van der Waals surface area contributed by atoms with Crippen LogP contribution < -0.4 is 25.4 Å². The van der Waals surface area contributed by atoms with Gasteiger partial charge in [-0.25, -0.2) is 0 Å². The van der Waals surface area contributed by atoms with Gasteiger partial charge in [0.15, 0.2) is 17.5 Å². The highest BCUT2D eigenvalue weighted by atomic mass is 16.5. The molecule has 0 heterocycles. The molecule has 29 heavy (non-hydrogen) atoms. The zero-order valence-corrected chi connectivity index (χ0v) is 17.7. The van der Waals surface area contributed by atoms with Crippen molar-refractivity contribution in [3.63, 3.8) is 0 Å². The summed E-state index contributed by atoms with van der Waals surface area (Å²) in [5.41, 5.74) is 2.45. The minimum atomic E-state index is -0.0611. The standard InChI is InChI=1S/C22H30N4O3/c1-6-15(2)25-21(27)17-9-7-8-16(12-17)14-24-22(23-3)26-18-10-11-19(28-4)20(13-18)29-5/h7-13,15H,6,14H2,1-5H3,(H,25,27)(H2,23,24,26). The van der Waals surface area contributed by atoms with Crippen molar-refractivity contribution in [2.24, 2.45) is 4.99 Å². The average molecular weight is 399 g/mol. The van der Waals surface area contributed by atoms with E-state index >= 15 is 0 Å². The van der Waals surface area contributed by atoms with Gasteiger partial charge in [-0.15, -0.1) is 0 Å². The van der Waals surface area contributed by atoms with Gasteiger partial charge in [0.05, 0.1) is 14.2 Å². The summed E-state index contributed by atoms with van der Waals surface area (Å²) >= 11 is 0. The van der Waals surface area contributed by atoms with Gasteiger partial charge < -0.3 is 25.4 Å². The smallest absolute Gasteiger partial charge is 0.251 e. The number of guanidine groups is 1. The number of hydrogen-bond acceptors (Lipinski definition) is 4. The summed E-state index contributed by atoms with van der Waals surface area (Å²) in [5.74, 6) is 1.84. The topological polar surface area (TPSA) is 84.0 Å². The molecule has 3 N–H and O–H groups in total. The number of ether oxygens (including phenoxy) is 2. The maximum Gasteiger partial charge on any atom is 0.251 e. The lowest BCUT2D eigenvalue weighted by atomic mass is 10.1. The number of nitrogens with one attached hydrogen (secondary N) is 3. The number of nitrogens with zero attached hydrogens (tertiary/aromatic N) is 1. The second-order valence-corrected chi connectivity index (χ2v) is 6.60. The van der Waals surface area contributed by atoms with Crippen LogP contribution in [0.4, 0.5) is 5.69 Å².